The third kappa shape index (κ3) is 4.21. The average molecular weight is 354 g/mol. The Morgan fingerprint density at radius 3 is 2.71 bits per heavy atom. The topological polar surface area (TPSA) is 41.5 Å². The molecule has 3 nitrogen and oxygen atoms in total. The van der Waals surface area contributed by atoms with E-state index in [0.717, 1.165) is 34.5 Å². The van der Waals surface area contributed by atoms with Crippen LogP contribution in [0.15, 0.2) is 28.7 Å². The lowest BCUT2D eigenvalue weighted by Crippen LogP contribution is -2.35. The van der Waals surface area contributed by atoms with Crippen LogP contribution in [0.1, 0.15) is 25.7 Å². The van der Waals surface area contributed by atoms with Gasteiger partial charge < -0.3 is 15.2 Å². The molecule has 2 bridgehead atoms. The van der Waals surface area contributed by atoms with Crippen LogP contribution in [0.3, 0.4) is 0 Å². The van der Waals surface area contributed by atoms with Gasteiger partial charge >= 0.3 is 0 Å². The summed E-state index contributed by atoms with van der Waals surface area (Å²) in [6.45, 7) is 2.01. The van der Waals surface area contributed by atoms with Crippen molar-refractivity contribution in [1.82, 2.24) is 5.32 Å². The molecule has 2 N–H and O–H groups in total. The quantitative estimate of drug-likeness (QED) is 0.790. The van der Waals surface area contributed by atoms with Gasteiger partial charge in [0, 0.05) is 11.0 Å². The van der Waals surface area contributed by atoms with Crippen LogP contribution in [0.5, 0.6) is 5.75 Å². The van der Waals surface area contributed by atoms with Crippen molar-refractivity contribution in [2.75, 3.05) is 19.7 Å². The van der Waals surface area contributed by atoms with E-state index in [9.17, 15) is 5.11 Å². The van der Waals surface area contributed by atoms with E-state index < -0.39 is 6.10 Å². The van der Waals surface area contributed by atoms with Crippen molar-refractivity contribution in [3.05, 3.63) is 28.7 Å². The van der Waals surface area contributed by atoms with Gasteiger partial charge in [0.15, 0.2) is 0 Å². The average Bonchev–Trinajstić information content (AvgIpc) is 3.09. The summed E-state index contributed by atoms with van der Waals surface area (Å²) in [5, 5.41) is 13.4. The number of ether oxygens (including phenoxy) is 1. The van der Waals surface area contributed by atoms with Crippen LogP contribution in [-0.2, 0) is 0 Å². The first-order valence-electron chi connectivity index (χ1n) is 7.98. The second kappa shape index (κ2) is 7.12. The SMILES string of the molecule is OC(CNCC1CC2CCC1C2)COc1ccc(Br)cc1. The number of hydrogen-bond donors (Lipinski definition) is 2. The molecule has 0 radical (unpaired) electrons. The van der Waals surface area contributed by atoms with Crippen molar-refractivity contribution in [3.63, 3.8) is 0 Å². The molecule has 0 aliphatic heterocycles. The highest BCUT2D eigenvalue weighted by Gasteiger charge is 2.38. The van der Waals surface area contributed by atoms with Crippen LogP contribution in [0.25, 0.3) is 0 Å². The monoisotopic (exact) mass is 353 g/mol. The van der Waals surface area contributed by atoms with Gasteiger partial charge in [0.2, 0.25) is 0 Å². The van der Waals surface area contributed by atoms with E-state index in [1.54, 1.807) is 0 Å². The number of aliphatic hydroxyl groups is 1. The van der Waals surface area contributed by atoms with Crippen molar-refractivity contribution < 1.29 is 9.84 Å². The minimum atomic E-state index is -0.452. The van der Waals surface area contributed by atoms with E-state index in [1.807, 2.05) is 24.3 Å². The molecule has 0 saturated heterocycles. The zero-order valence-electron chi connectivity index (χ0n) is 12.3. The number of fused-ring (bicyclic) bond motifs is 2. The maximum atomic E-state index is 9.97. The first-order valence-corrected chi connectivity index (χ1v) is 8.77. The molecule has 2 aliphatic rings. The largest absolute Gasteiger partial charge is 0.491 e. The molecule has 4 heteroatoms. The van der Waals surface area contributed by atoms with Crippen molar-refractivity contribution in [1.29, 1.82) is 0 Å². The third-order valence-electron chi connectivity index (χ3n) is 4.93. The second-order valence-corrected chi connectivity index (χ2v) is 7.43. The van der Waals surface area contributed by atoms with Crippen molar-refractivity contribution in [3.8, 4) is 5.75 Å². The van der Waals surface area contributed by atoms with Crippen LogP contribution < -0.4 is 10.1 Å². The Kier molecular flexibility index (Phi) is 5.19. The molecular formula is C17H24BrNO2. The molecule has 2 fully saturated rings. The first kappa shape index (κ1) is 15.3. The van der Waals surface area contributed by atoms with Gasteiger partial charge in [-0.1, -0.05) is 22.4 Å². The summed E-state index contributed by atoms with van der Waals surface area (Å²) < 4.78 is 6.61. The predicted molar refractivity (Wildman–Crippen MR) is 87.5 cm³/mol. The summed E-state index contributed by atoms with van der Waals surface area (Å²) in [5.41, 5.74) is 0. The van der Waals surface area contributed by atoms with Crippen molar-refractivity contribution in [2.24, 2.45) is 17.8 Å². The lowest BCUT2D eigenvalue weighted by atomic mass is 9.89. The van der Waals surface area contributed by atoms with Crippen LogP contribution in [0.2, 0.25) is 0 Å². The van der Waals surface area contributed by atoms with E-state index in [0.29, 0.717) is 13.2 Å². The zero-order chi connectivity index (χ0) is 14.7. The van der Waals surface area contributed by atoms with Gasteiger partial charge in [-0.05, 0) is 67.8 Å². The summed E-state index contributed by atoms with van der Waals surface area (Å²) in [7, 11) is 0. The Hall–Kier alpha value is -0.580. The Labute approximate surface area is 135 Å². The Bertz CT molecular complexity index is 451. The van der Waals surface area contributed by atoms with Gasteiger partial charge in [0.05, 0.1) is 0 Å². The maximum Gasteiger partial charge on any atom is 0.119 e. The highest BCUT2D eigenvalue weighted by Crippen LogP contribution is 2.47. The van der Waals surface area contributed by atoms with E-state index >= 15 is 0 Å². The first-order chi connectivity index (χ1) is 10.2. The molecule has 0 heterocycles. The van der Waals surface area contributed by atoms with Crippen molar-refractivity contribution >= 4 is 15.9 Å². The number of nitrogens with one attached hydrogen (secondary N) is 1. The maximum absolute atomic E-state index is 9.97. The zero-order valence-corrected chi connectivity index (χ0v) is 13.9. The number of benzene rings is 1. The number of aliphatic hydroxyl groups excluding tert-OH is 1. The molecule has 0 spiro atoms. The second-order valence-electron chi connectivity index (χ2n) is 6.51. The lowest BCUT2D eigenvalue weighted by molar-refractivity contribution is 0.104. The number of halogens is 1. The molecule has 0 amide bonds. The summed E-state index contributed by atoms with van der Waals surface area (Å²) in [6, 6.07) is 7.68. The van der Waals surface area contributed by atoms with Crippen LogP contribution in [-0.4, -0.2) is 30.9 Å². The van der Waals surface area contributed by atoms with Gasteiger partial charge in [0.1, 0.15) is 18.5 Å². The highest BCUT2D eigenvalue weighted by atomic mass is 79.9. The third-order valence-corrected chi connectivity index (χ3v) is 5.46. The van der Waals surface area contributed by atoms with E-state index in [1.165, 1.54) is 25.7 Å². The normalized spacial score (nSPS) is 28.8. The summed E-state index contributed by atoms with van der Waals surface area (Å²) in [6.07, 6.45) is 5.26. The fourth-order valence-electron chi connectivity index (χ4n) is 3.84. The lowest BCUT2D eigenvalue weighted by Gasteiger charge is -2.22. The van der Waals surface area contributed by atoms with Gasteiger partial charge in [-0.25, -0.2) is 0 Å². The summed E-state index contributed by atoms with van der Waals surface area (Å²) >= 11 is 3.39. The van der Waals surface area contributed by atoms with Gasteiger partial charge in [-0.3, -0.25) is 0 Å². The van der Waals surface area contributed by atoms with Gasteiger partial charge in [0.25, 0.3) is 0 Å². The molecule has 4 atom stereocenters. The molecule has 21 heavy (non-hydrogen) atoms. The fraction of sp³-hybridized carbons (Fsp3) is 0.647. The van der Waals surface area contributed by atoms with Gasteiger partial charge in [-0.15, -0.1) is 0 Å². The van der Waals surface area contributed by atoms with E-state index in [4.69, 9.17) is 4.74 Å². The molecule has 4 unspecified atom stereocenters. The number of hydrogen-bond acceptors (Lipinski definition) is 3. The number of rotatable bonds is 7. The summed E-state index contributed by atoms with van der Waals surface area (Å²) in [4.78, 5) is 0. The Balaban J connectivity index is 1.31. The molecule has 1 aromatic carbocycles. The Morgan fingerprint density at radius 2 is 2.05 bits per heavy atom. The van der Waals surface area contributed by atoms with Crippen molar-refractivity contribution in [2.45, 2.75) is 31.8 Å². The smallest absolute Gasteiger partial charge is 0.119 e. The summed E-state index contributed by atoms with van der Waals surface area (Å²) in [5.74, 6) is 3.57. The van der Waals surface area contributed by atoms with Crippen LogP contribution in [0.4, 0.5) is 0 Å². The van der Waals surface area contributed by atoms with Crippen LogP contribution >= 0.6 is 15.9 Å². The minimum Gasteiger partial charge on any atom is -0.491 e. The van der Waals surface area contributed by atoms with Crippen LogP contribution in [0, 0.1) is 17.8 Å². The molecule has 3 rings (SSSR count). The van der Waals surface area contributed by atoms with E-state index in [-0.39, 0.29) is 0 Å². The molecule has 1 aromatic rings. The van der Waals surface area contributed by atoms with Gasteiger partial charge in [-0.2, -0.15) is 0 Å². The highest BCUT2D eigenvalue weighted by molar-refractivity contribution is 9.10. The molecule has 2 saturated carbocycles. The molecular weight excluding hydrogens is 330 g/mol. The minimum absolute atomic E-state index is 0.339. The molecule has 2 aliphatic carbocycles. The standard InChI is InChI=1S/C17H24BrNO2/c18-15-3-5-17(6-4-15)21-11-16(20)10-19-9-14-8-12-1-2-13(14)7-12/h3-6,12-14,16,19-20H,1-2,7-11H2. The molecule has 116 valence electrons. The Morgan fingerprint density at radius 1 is 1.24 bits per heavy atom. The molecule has 0 aromatic heterocycles. The fourth-order valence-corrected chi connectivity index (χ4v) is 4.11. The predicted octanol–water partition coefficient (Wildman–Crippen LogP) is 3.21. The van der Waals surface area contributed by atoms with E-state index in [2.05, 4.69) is 21.2 Å².